The number of halogens is 2. The number of ether oxygens (including phenoxy) is 1. The van der Waals surface area contributed by atoms with Crippen LogP contribution in [0.3, 0.4) is 0 Å². The van der Waals surface area contributed by atoms with Gasteiger partial charge in [-0.2, -0.15) is 0 Å². The lowest BCUT2D eigenvalue weighted by molar-refractivity contribution is -0.126. The lowest BCUT2D eigenvalue weighted by Gasteiger charge is -2.17. The molecule has 1 amide bonds. The Morgan fingerprint density at radius 2 is 1.96 bits per heavy atom. The van der Waals surface area contributed by atoms with Crippen molar-refractivity contribution >= 4 is 11.7 Å². The number of aromatic nitrogens is 2. The number of nitrogens with one attached hydrogen (secondary N) is 1. The van der Waals surface area contributed by atoms with Gasteiger partial charge in [-0.15, -0.1) is 0 Å². The number of amides is 1. The van der Waals surface area contributed by atoms with Crippen molar-refractivity contribution in [1.82, 2.24) is 9.97 Å². The zero-order valence-electron chi connectivity index (χ0n) is 13.1. The van der Waals surface area contributed by atoms with Gasteiger partial charge in [-0.1, -0.05) is 13.0 Å². The van der Waals surface area contributed by atoms with Crippen LogP contribution in [0.15, 0.2) is 24.3 Å². The summed E-state index contributed by atoms with van der Waals surface area (Å²) in [5, 5.41) is 2.51. The molecule has 23 heavy (non-hydrogen) atoms. The minimum atomic E-state index is -1.42. The van der Waals surface area contributed by atoms with Crippen LogP contribution in [0.2, 0.25) is 0 Å². The molecule has 0 aliphatic rings. The van der Waals surface area contributed by atoms with Crippen LogP contribution >= 0.6 is 0 Å². The SMILES string of the molecule is CCc1cc(NC(=O)C(OC)c2c(F)cccc2F)nc(C)n1. The van der Waals surface area contributed by atoms with E-state index in [1.165, 1.54) is 13.2 Å². The number of hydrogen-bond acceptors (Lipinski definition) is 4. The molecule has 0 saturated carbocycles. The first-order valence-electron chi connectivity index (χ1n) is 7.08. The monoisotopic (exact) mass is 321 g/mol. The first-order chi connectivity index (χ1) is 11.0. The van der Waals surface area contributed by atoms with Crippen molar-refractivity contribution < 1.29 is 18.3 Å². The van der Waals surface area contributed by atoms with Gasteiger partial charge in [0, 0.05) is 18.9 Å². The minimum absolute atomic E-state index is 0.262. The van der Waals surface area contributed by atoms with E-state index in [1.54, 1.807) is 13.0 Å². The summed E-state index contributed by atoms with van der Waals surface area (Å²) < 4.78 is 32.7. The van der Waals surface area contributed by atoms with E-state index < -0.39 is 29.2 Å². The van der Waals surface area contributed by atoms with Crippen molar-refractivity contribution in [3.8, 4) is 0 Å². The molecule has 0 aliphatic heterocycles. The quantitative estimate of drug-likeness (QED) is 0.919. The maximum Gasteiger partial charge on any atom is 0.259 e. The van der Waals surface area contributed by atoms with Crippen LogP contribution in [0.25, 0.3) is 0 Å². The first kappa shape index (κ1) is 17.0. The van der Waals surface area contributed by atoms with Crippen LogP contribution in [0, 0.1) is 18.6 Å². The summed E-state index contributed by atoms with van der Waals surface area (Å²) in [6.07, 6.45) is -0.751. The van der Waals surface area contributed by atoms with Crippen molar-refractivity contribution in [3.63, 3.8) is 0 Å². The van der Waals surface area contributed by atoms with E-state index >= 15 is 0 Å². The number of methoxy groups -OCH3 is 1. The Kier molecular flexibility index (Phi) is 5.33. The van der Waals surface area contributed by atoms with Gasteiger partial charge in [0.15, 0.2) is 6.10 Å². The molecule has 1 atom stereocenters. The average Bonchev–Trinajstić information content (AvgIpc) is 2.50. The fourth-order valence-corrected chi connectivity index (χ4v) is 2.18. The van der Waals surface area contributed by atoms with Crippen LogP contribution in [0.4, 0.5) is 14.6 Å². The number of hydrogen-bond donors (Lipinski definition) is 1. The van der Waals surface area contributed by atoms with E-state index in [0.29, 0.717) is 12.2 Å². The topological polar surface area (TPSA) is 64.1 Å². The van der Waals surface area contributed by atoms with Gasteiger partial charge < -0.3 is 10.1 Å². The zero-order valence-corrected chi connectivity index (χ0v) is 13.1. The Morgan fingerprint density at radius 1 is 1.30 bits per heavy atom. The molecule has 1 aromatic heterocycles. The Morgan fingerprint density at radius 3 is 2.52 bits per heavy atom. The third kappa shape index (κ3) is 3.87. The smallest absolute Gasteiger partial charge is 0.259 e. The summed E-state index contributed by atoms with van der Waals surface area (Å²) in [5.74, 6) is -1.65. The van der Waals surface area contributed by atoms with Gasteiger partial charge >= 0.3 is 0 Å². The molecule has 122 valence electrons. The maximum absolute atomic E-state index is 13.8. The van der Waals surface area contributed by atoms with E-state index in [2.05, 4.69) is 15.3 Å². The molecule has 2 aromatic rings. The highest BCUT2D eigenvalue weighted by atomic mass is 19.1. The predicted octanol–water partition coefficient (Wildman–Crippen LogP) is 2.95. The number of rotatable bonds is 5. The fraction of sp³-hybridized carbons (Fsp3) is 0.312. The number of carbonyl (C=O) groups excluding carboxylic acids is 1. The number of carbonyl (C=O) groups is 1. The molecule has 7 heteroatoms. The molecule has 0 aliphatic carbocycles. The summed E-state index contributed by atoms with van der Waals surface area (Å²) in [6.45, 7) is 3.61. The van der Waals surface area contributed by atoms with Crippen LogP contribution in [0.1, 0.15) is 30.1 Å². The van der Waals surface area contributed by atoms with Crippen molar-refractivity contribution in [2.24, 2.45) is 0 Å². The molecule has 0 bridgehead atoms. The van der Waals surface area contributed by atoms with E-state index in [-0.39, 0.29) is 5.82 Å². The van der Waals surface area contributed by atoms with Gasteiger partial charge in [-0.05, 0) is 25.5 Å². The molecule has 0 radical (unpaired) electrons. The second kappa shape index (κ2) is 7.23. The van der Waals surface area contributed by atoms with Gasteiger partial charge in [-0.3, -0.25) is 4.79 Å². The fourth-order valence-electron chi connectivity index (χ4n) is 2.18. The van der Waals surface area contributed by atoms with Gasteiger partial charge in [0.2, 0.25) is 0 Å². The highest BCUT2D eigenvalue weighted by molar-refractivity contribution is 5.94. The predicted molar refractivity (Wildman–Crippen MR) is 80.9 cm³/mol. The third-order valence-electron chi connectivity index (χ3n) is 3.24. The van der Waals surface area contributed by atoms with Crippen molar-refractivity contribution in [3.05, 3.63) is 53.0 Å². The van der Waals surface area contributed by atoms with Crippen molar-refractivity contribution in [2.45, 2.75) is 26.4 Å². The normalized spacial score (nSPS) is 12.0. The minimum Gasteiger partial charge on any atom is -0.367 e. The van der Waals surface area contributed by atoms with E-state index in [9.17, 15) is 13.6 Å². The largest absolute Gasteiger partial charge is 0.367 e. The average molecular weight is 321 g/mol. The second-order valence-corrected chi connectivity index (χ2v) is 4.89. The number of anilines is 1. The summed E-state index contributed by atoms with van der Waals surface area (Å²) in [7, 11) is 1.21. The van der Waals surface area contributed by atoms with Gasteiger partial charge in [0.1, 0.15) is 23.3 Å². The lowest BCUT2D eigenvalue weighted by Crippen LogP contribution is -2.25. The Hall–Kier alpha value is -2.41. The second-order valence-electron chi connectivity index (χ2n) is 4.89. The molecular formula is C16H17F2N3O2. The molecule has 1 unspecified atom stereocenters. The molecule has 1 heterocycles. The molecule has 0 fully saturated rings. The highest BCUT2D eigenvalue weighted by Crippen LogP contribution is 2.24. The molecular weight excluding hydrogens is 304 g/mol. The van der Waals surface area contributed by atoms with E-state index in [1.807, 2.05) is 6.92 Å². The Balaban J connectivity index is 2.29. The first-order valence-corrected chi connectivity index (χ1v) is 7.08. The molecule has 1 aromatic carbocycles. The maximum atomic E-state index is 13.8. The van der Waals surface area contributed by atoms with Gasteiger partial charge in [-0.25, -0.2) is 18.7 Å². The summed E-state index contributed by atoms with van der Waals surface area (Å²) in [5.41, 5.74) is 0.313. The van der Waals surface area contributed by atoms with Gasteiger partial charge in [0.25, 0.3) is 5.91 Å². The lowest BCUT2D eigenvalue weighted by atomic mass is 10.1. The van der Waals surface area contributed by atoms with Crippen LogP contribution < -0.4 is 5.32 Å². The van der Waals surface area contributed by atoms with Crippen LogP contribution in [-0.4, -0.2) is 23.0 Å². The van der Waals surface area contributed by atoms with Crippen molar-refractivity contribution in [2.75, 3.05) is 12.4 Å². The standard InChI is InChI=1S/C16H17F2N3O2/c1-4-10-8-13(20-9(2)19-10)21-16(22)15(23-3)14-11(17)6-5-7-12(14)18/h5-8,15H,4H2,1-3H3,(H,19,20,21,22). The third-order valence-corrected chi connectivity index (χ3v) is 3.24. The Labute approximate surface area is 132 Å². The molecule has 1 N–H and O–H groups in total. The zero-order chi connectivity index (χ0) is 17.0. The molecule has 5 nitrogen and oxygen atoms in total. The summed E-state index contributed by atoms with van der Waals surface area (Å²) in [4.78, 5) is 20.6. The van der Waals surface area contributed by atoms with Crippen molar-refractivity contribution in [1.29, 1.82) is 0 Å². The molecule has 0 spiro atoms. The van der Waals surface area contributed by atoms with Crippen LogP contribution in [-0.2, 0) is 16.0 Å². The summed E-state index contributed by atoms with van der Waals surface area (Å²) in [6, 6.07) is 4.97. The number of benzene rings is 1. The molecule has 0 saturated heterocycles. The number of nitrogens with zero attached hydrogens (tertiary/aromatic N) is 2. The number of aryl methyl sites for hydroxylation is 2. The Bertz CT molecular complexity index is 702. The van der Waals surface area contributed by atoms with Gasteiger partial charge in [0.05, 0.1) is 5.56 Å². The van der Waals surface area contributed by atoms with Crippen LogP contribution in [0.5, 0.6) is 0 Å². The summed E-state index contributed by atoms with van der Waals surface area (Å²) >= 11 is 0. The van der Waals surface area contributed by atoms with E-state index in [0.717, 1.165) is 17.8 Å². The van der Waals surface area contributed by atoms with E-state index in [4.69, 9.17) is 4.74 Å². The molecule has 2 rings (SSSR count). The highest BCUT2D eigenvalue weighted by Gasteiger charge is 2.27.